The molecule has 7 heteroatoms. The molecule has 1 aromatic carbocycles. The number of rotatable bonds is 7. The Morgan fingerprint density at radius 2 is 2.21 bits per heavy atom. The van der Waals surface area contributed by atoms with E-state index < -0.39 is 17.7 Å². The van der Waals surface area contributed by atoms with E-state index in [0.717, 1.165) is 12.1 Å². The first-order valence-electron chi connectivity index (χ1n) is 5.64. The first-order valence-corrected chi connectivity index (χ1v) is 5.64. The zero-order chi connectivity index (χ0) is 14.3. The Labute approximate surface area is 109 Å². The molecule has 19 heavy (non-hydrogen) atoms. The molecule has 0 heterocycles. The number of amides is 1. The van der Waals surface area contributed by atoms with Crippen LogP contribution < -0.4 is 15.8 Å². The fourth-order valence-electron chi connectivity index (χ4n) is 1.31. The molecule has 0 bridgehead atoms. The highest BCUT2D eigenvalue weighted by Crippen LogP contribution is 2.17. The number of methoxy groups -OCH3 is 1. The molecule has 1 rings (SSSR count). The predicted octanol–water partition coefficient (Wildman–Crippen LogP) is 0.433. The van der Waals surface area contributed by atoms with Crippen molar-refractivity contribution in [2.75, 3.05) is 26.9 Å². The van der Waals surface area contributed by atoms with Gasteiger partial charge in [-0.3, -0.25) is 4.79 Å². The van der Waals surface area contributed by atoms with Crippen LogP contribution in [-0.4, -0.2) is 38.8 Å². The molecule has 1 amide bonds. The molecule has 0 fully saturated rings. The standard InChI is InChI=1S/C12H16F2N2O3/c1-18-7-10(15)12(17)16-4-5-19-11-3-2-8(13)6-9(11)14/h2-3,6,10H,4-5,7,15H2,1H3,(H,16,17). The molecule has 0 aliphatic carbocycles. The number of hydrogen-bond acceptors (Lipinski definition) is 4. The van der Waals surface area contributed by atoms with Gasteiger partial charge in [-0.2, -0.15) is 0 Å². The Morgan fingerprint density at radius 3 is 2.84 bits per heavy atom. The molecule has 0 spiro atoms. The van der Waals surface area contributed by atoms with Crippen LogP contribution in [0.1, 0.15) is 0 Å². The highest BCUT2D eigenvalue weighted by atomic mass is 19.1. The summed E-state index contributed by atoms with van der Waals surface area (Å²) in [5.74, 6) is -1.92. The van der Waals surface area contributed by atoms with Crippen LogP contribution in [-0.2, 0) is 9.53 Å². The average Bonchev–Trinajstić information content (AvgIpc) is 2.36. The van der Waals surface area contributed by atoms with Crippen molar-refractivity contribution in [2.24, 2.45) is 5.73 Å². The maximum absolute atomic E-state index is 13.2. The molecule has 0 aromatic heterocycles. The van der Waals surface area contributed by atoms with E-state index in [9.17, 15) is 13.6 Å². The number of nitrogens with one attached hydrogen (secondary N) is 1. The van der Waals surface area contributed by atoms with Gasteiger partial charge in [0.2, 0.25) is 5.91 Å². The smallest absolute Gasteiger partial charge is 0.239 e. The van der Waals surface area contributed by atoms with Gasteiger partial charge < -0.3 is 20.5 Å². The van der Waals surface area contributed by atoms with Crippen LogP contribution >= 0.6 is 0 Å². The number of carbonyl (C=O) groups is 1. The average molecular weight is 274 g/mol. The van der Waals surface area contributed by atoms with Gasteiger partial charge in [-0.1, -0.05) is 0 Å². The molecule has 0 aliphatic heterocycles. The summed E-state index contributed by atoms with van der Waals surface area (Å²) in [6.45, 7) is 0.320. The van der Waals surface area contributed by atoms with Crippen LogP contribution in [0.2, 0.25) is 0 Å². The minimum Gasteiger partial charge on any atom is -0.489 e. The van der Waals surface area contributed by atoms with Crippen molar-refractivity contribution in [1.29, 1.82) is 0 Å². The highest BCUT2D eigenvalue weighted by molar-refractivity contribution is 5.81. The van der Waals surface area contributed by atoms with E-state index in [1.54, 1.807) is 0 Å². The summed E-state index contributed by atoms with van der Waals surface area (Å²) < 4.78 is 35.6. The number of carbonyl (C=O) groups excluding carboxylic acids is 1. The van der Waals surface area contributed by atoms with Gasteiger partial charge in [-0.05, 0) is 12.1 Å². The molecular formula is C12H16F2N2O3. The van der Waals surface area contributed by atoms with Crippen molar-refractivity contribution < 1.29 is 23.0 Å². The van der Waals surface area contributed by atoms with Gasteiger partial charge in [0.1, 0.15) is 18.5 Å². The maximum Gasteiger partial charge on any atom is 0.239 e. The lowest BCUT2D eigenvalue weighted by atomic mass is 10.3. The van der Waals surface area contributed by atoms with Gasteiger partial charge in [-0.25, -0.2) is 8.78 Å². The lowest BCUT2D eigenvalue weighted by Gasteiger charge is -2.12. The molecule has 1 atom stereocenters. The van der Waals surface area contributed by atoms with E-state index in [-0.39, 0.29) is 31.4 Å². The second kappa shape index (κ2) is 7.65. The third kappa shape index (κ3) is 5.19. The van der Waals surface area contributed by atoms with E-state index in [1.165, 1.54) is 13.2 Å². The molecule has 0 saturated carbocycles. The molecular weight excluding hydrogens is 258 g/mol. The largest absolute Gasteiger partial charge is 0.489 e. The number of nitrogens with two attached hydrogens (primary N) is 1. The van der Waals surface area contributed by atoms with Gasteiger partial charge in [0.15, 0.2) is 11.6 Å². The molecule has 0 aliphatic rings. The highest BCUT2D eigenvalue weighted by Gasteiger charge is 2.12. The SMILES string of the molecule is COCC(N)C(=O)NCCOc1ccc(F)cc1F. The topological polar surface area (TPSA) is 73.6 Å². The van der Waals surface area contributed by atoms with Crippen LogP contribution in [0.5, 0.6) is 5.75 Å². The van der Waals surface area contributed by atoms with Gasteiger partial charge in [0.25, 0.3) is 0 Å². The van der Waals surface area contributed by atoms with E-state index in [0.29, 0.717) is 0 Å². The summed E-state index contributed by atoms with van der Waals surface area (Å²) in [5.41, 5.74) is 5.48. The fourth-order valence-corrected chi connectivity index (χ4v) is 1.31. The molecule has 5 nitrogen and oxygen atoms in total. The summed E-state index contributed by atoms with van der Waals surface area (Å²) in [4.78, 5) is 11.4. The predicted molar refractivity (Wildman–Crippen MR) is 64.7 cm³/mol. The second-order valence-corrected chi connectivity index (χ2v) is 3.78. The molecule has 0 saturated heterocycles. The molecule has 0 radical (unpaired) electrons. The molecule has 1 aromatic rings. The van der Waals surface area contributed by atoms with Crippen LogP contribution in [0, 0.1) is 11.6 Å². The quantitative estimate of drug-likeness (QED) is 0.707. The van der Waals surface area contributed by atoms with Crippen molar-refractivity contribution in [3.8, 4) is 5.75 Å². The van der Waals surface area contributed by atoms with E-state index >= 15 is 0 Å². The van der Waals surface area contributed by atoms with Gasteiger partial charge in [-0.15, -0.1) is 0 Å². The summed E-state index contributed by atoms with van der Waals surface area (Å²) in [7, 11) is 1.44. The third-order valence-electron chi connectivity index (χ3n) is 2.24. The first-order chi connectivity index (χ1) is 9.04. The van der Waals surface area contributed by atoms with Crippen LogP contribution in [0.4, 0.5) is 8.78 Å². The third-order valence-corrected chi connectivity index (χ3v) is 2.24. The van der Waals surface area contributed by atoms with Crippen LogP contribution in [0.25, 0.3) is 0 Å². The number of halogens is 2. The number of benzene rings is 1. The van der Waals surface area contributed by atoms with E-state index in [4.69, 9.17) is 15.2 Å². The van der Waals surface area contributed by atoms with Crippen molar-refractivity contribution >= 4 is 5.91 Å². The number of ether oxygens (including phenoxy) is 2. The van der Waals surface area contributed by atoms with Crippen molar-refractivity contribution in [3.05, 3.63) is 29.8 Å². The zero-order valence-corrected chi connectivity index (χ0v) is 10.5. The molecule has 1 unspecified atom stereocenters. The summed E-state index contributed by atoms with van der Waals surface area (Å²) in [6.07, 6.45) is 0. The Hall–Kier alpha value is -1.73. The summed E-state index contributed by atoms with van der Waals surface area (Å²) in [5, 5.41) is 2.50. The van der Waals surface area contributed by atoms with Crippen LogP contribution in [0.15, 0.2) is 18.2 Å². The van der Waals surface area contributed by atoms with E-state index in [1.807, 2.05) is 0 Å². The monoisotopic (exact) mass is 274 g/mol. The minimum atomic E-state index is -0.789. The van der Waals surface area contributed by atoms with Gasteiger partial charge in [0, 0.05) is 13.2 Å². The lowest BCUT2D eigenvalue weighted by molar-refractivity contribution is -0.123. The van der Waals surface area contributed by atoms with Crippen LogP contribution in [0.3, 0.4) is 0 Å². The zero-order valence-electron chi connectivity index (χ0n) is 10.5. The van der Waals surface area contributed by atoms with Crippen molar-refractivity contribution in [2.45, 2.75) is 6.04 Å². The maximum atomic E-state index is 13.2. The number of hydrogen-bond donors (Lipinski definition) is 2. The van der Waals surface area contributed by atoms with E-state index in [2.05, 4.69) is 5.32 Å². The molecule has 3 N–H and O–H groups in total. The van der Waals surface area contributed by atoms with Crippen molar-refractivity contribution in [1.82, 2.24) is 5.32 Å². The Balaban J connectivity index is 2.29. The fraction of sp³-hybridized carbons (Fsp3) is 0.417. The van der Waals surface area contributed by atoms with Crippen molar-refractivity contribution in [3.63, 3.8) is 0 Å². The Morgan fingerprint density at radius 1 is 1.47 bits per heavy atom. The summed E-state index contributed by atoms with van der Waals surface area (Å²) in [6, 6.07) is 2.24. The normalized spacial score (nSPS) is 12.0. The Kier molecular flexibility index (Phi) is 6.17. The Bertz CT molecular complexity index is 429. The van der Waals surface area contributed by atoms with Gasteiger partial charge >= 0.3 is 0 Å². The first kappa shape index (κ1) is 15.3. The summed E-state index contributed by atoms with van der Waals surface area (Å²) >= 11 is 0. The lowest BCUT2D eigenvalue weighted by Crippen LogP contribution is -2.44. The second-order valence-electron chi connectivity index (χ2n) is 3.78. The minimum absolute atomic E-state index is 0.0496. The van der Waals surface area contributed by atoms with Gasteiger partial charge in [0.05, 0.1) is 13.2 Å². The molecule has 106 valence electrons.